The topological polar surface area (TPSA) is 115 Å². The maximum atomic E-state index is 12.8. The van der Waals surface area contributed by atoms with E-state index in [2.05, 4.69) is 9.71 Å². The number of ether oxygens (including phenoxy) is 2. The first kappa shape index (κ1) is 21.3. The van der Waals surface area contributed by atoms with Crippen molar-refractivity contribution in [2.75, 3.05) is 18.9 Å². The lowest BCUT2D eigenvalue weighted by Crippen LogP contribution is -2.29. The van der Waals surface area contributed by atoms with Gasteiger partial charge in [-0.05, 0) is 42.0 Å². The molecule has 10 heteroatoms. The van der Waals surface area contributed by atoms with E-state index in [1.54, 1.807) is 36.4 Å². The number of pyridine rings is 1. The molecule has 2 amide bonds. The Kier molecular flexibility index (Phi) is 5.54. The van der Waals surface area contributed by atoms with Gasteiger partial charge in [0.05, 0.1) is 36.9 Å². The van der Waals surface area contributed by atoms with Crippen molar-refractivity contribution < 1.29 is 27.5 Å². The van der Waals surface area contributed by atoms with Crippen LogP contribution >= 0.6 is 0 Å². The highest BCUT2D eigenvalue weighted by atomic mass is 32.2. The average molecular weight is 453 g/mol. The molecule has 1 aliphatic heterocycles. The summed E-state index contributed by atoms with van der Waals surface area (Å²) in [6.45, 7) is 0.00545. The summed E-state index contributed by atoms with van der Waals surface area (Å²) in [4.78, 5) is 30.0. The second kappa shape index (κ2) is 8.31. The fourth-order valence-corrected chi connectivity index (χ4v) is 4.37. The Balaban J connectivity index is 1.53. The van der Waals surface area contributed by atoms with Gasteiger partial charge >= 0.3 is 0 Å². The summed E-state index contributed by atoms with van der Waals surface area (Å²) in [5.41, 5.74) is 1.20. The summed E-state index contributed by atoms with van der Waals surface area (Å²) < 4.78 is 38.5. The van der Waals surface area contributed by atoms with Gasteiger partial charge in [-0.2, -0.15) is 0 Å². The first-order valence-electron chi connectivity index (χ1n) is 9.49. The number of methoxy groups -OCH3 is 2. The van der Waals surface area contributed by atoms with E-state index in [9.17, 15) is 18.0 Å². The lowest BCUT2D eigenvalue weighted by atomic mass is 10.2. The molecule has 0 aliphatic carbocycles. The molecule has 0 saturated carbocycles. The van der Waals surface area contributed by atoms with Gasteiger partial charge in [-0.1, -0.05) is 12.1 Å². The molecule has 0 bridgehead atoms. The van der Waals surface area contributed by atoms with E-state index < -0.39 is 21.8 Å². The number of nitrogens with one attached hydrogen (secondary N) is 1. The van der Waals surface area contributed by atoms with E-state index in [0.717, 1.165) is 4.90 Å². The number of rotatable bonds is 7. The van der Waals surface area contributed by atoms with Crippen LogP contribution in [0.5, 0.6) is 11.5 Å². The van der Waals surface area contributed by atoms with Crippen molar-refractivity contribution in [3.63, 3.8) is 0 Å². The molecule has 1 aliphatic rings. The molecule has 1 aromatic heterocycles. The van der Waals surface area contributed by atoms with Crippen LogP contribution in [0.25, 0.3) is 0 Å². The van der Waals surface area contributed by atoms with Crippen LogP contribution in [-0.4, -0.2) is 44.3 Å². The lowest BCUT2D eigenvalue weighted by Gasteiger charge is -2.15. The van der Waals surface area contributed by atoms with E-state index in [0.29, 0.717) is 17.1 Å². The zero-order valence-corrected chi connectivity index (χ0v) is 18.0. The molecule has 0 saturated heterocycles. The largest absolute Gasteiger partial charge is 0.497 e. The quantitative estimate of drug-likeness (QED) is 0.547. The smallest absolute Gasteiger partial charge is 0.280 e. The number of carbonyl (C=O) groups excluding carboxylic acids is 2. The van der Waals surface area contributed by atoms with E-state index in [1.807, 2.05) is 0 Å². The molecule has 0 fully saturated rings. The van der Waals surface area contributed by atoms with Gasteiger partial charge in [0.1, 0.15) is 17.2 Å². The minimum Gasteiger partial charge on any atom is -0.497 e. The Morgan fingerprint density at radius 1 is 0.969 bits per heavy atom. The van der Waals surface area contributed by atoms with Crippen molar-refractivity contribution in [2.24, 2.45) is 0 Å². The first-order valence-corrected chi connectivity index (χ1v) is 11.0. The number of nitrogens with zero attached hydrogens (tertiary/aromatic N) is 2. The molecule has 32 heavy (non-hydrogen) atoms. The molecule has 1 N–H and O–H groups in total. The zero-order chi connectivity index (χ0) is 22.9. The minimum absolute atomic E-state index is 0.00545. The Labute approximate surface area is 184 Å². The number of anilines is 1. The van der Waals surface area contributed by atoms with Crippen LogP contribution < -0.4 is 14.2 Å². The Morgan fingerprint density at radius 2 is 1.72 bits per heavy atom. The summed E-state index contributed by atoms with van der Waals surface area (Å²) in [5.74, 6) is -0.102. The highest BCUT2D eigenvalue weighted by Crippen LogP contribution is 2.31. The van der Waals surface area contributed by atoms with E-state index in [4.69, 9.17) is 9.47 Å². The van der Waals surface area contributed by atoms with Gasteiger partial charge in [-0.3, -0.25) is 24.2 Å². The van der Waals surface area contributed by atoms with Crippen molar-refractivity contribution in [2.45, 2.75) is 11.4 Å². The van der Waals surface area contributed by atoms with Crippen LogP contribution in [0.4, 0.5) is 5.69 Å². The van der Waals surface area contributed by atoms with E-state index in [1.165, 1.54) is 38.6 Å². The molecular formula is C22H19N3O6S. The van der Waals surface area contributed by atoms with Gasteiger partial charge < -0.3 is 9.47 Å². The monoisotopic (exact) mass is 453 g/mol. The van der Waals surface area contributed by atoms with Crippen LogP contribution in [0.3, 0.4) is 0 Å². The Hall–Kier alpha value is -3.92. The van der Waals surface area contributed by atoms with Crippen LogP contribution in [-0.2, 0) is 16.6 Å². The number of hydrogen-bond donors (Lipinski definition) is 1. The lowest BCUT2D eigenvalue weighted by molar-refractivity contribution is 0.0640. The number of aromatic nitrogens is 1. The summed E-state index contributed by atoms with van der Waals surface area (Å²) in [7, 11) is -1.01. The second-order valence-electron chi connectivity index (χ2n) is 6.91. The van der Waals surface area contributed by atoms with Crippen LogP contribution in [0.2, 0.25) is 0 Å². The molecule has 0 radical (unpaired) electrons. The van der Waals surface area contributed by atoms with Gasteiger partial charge in [0.25, 0.3) is 21.8 Å². The summed E-state index contributed by atoms with van der Waals surface area (Å²) in [6.07, 6.45) is 1.46. The summed E-state index contributed by atoms with van der Waals surface area (Å²) in [6, 6.07) is 13.8. The number of benzene rings is 2. The first-order chi connectivity index (χ1) is 15.3. The number of imide groups is 1. The summed E-state index contributed by atoms with van der Waals surface area (Å²) >= 11 is 0. The molecule has 2 heterocycles. The maximum Gasteiger partial charge on any atom is 0.280 e. The van der Waals surface area contributed by atoms with Gasteiger partial charge in [0.2, 0.25) is 0 Å². The fourth-order valence-electron chi connectivity index (χ4n) is 3.31. The molecule has 0 atom stereocenters. The minimum atomic E-state index is -3.92. The number of amides is 2. The van der Waals surface area contributed by atoms with Crippen LogP contribution in [0.1, 0.15) is 26.4 Å². The fraction of sp³-hybridized carbons (Fsp3) is 0.136. The van der Waals surface area contributed by atoms with Crippen LogP contribution in [0.15, 0.2) is 65.7 Å². The van der Waals surface area contributed by atoms with Crippen LogP contribution in [0, 0.1) is 0 Å². The molecule has 0 spiro atoms. The van der Waals surface area contributed by atoms with Gasteiger partial charge in [0, 0.05) is 12.3 Å². The molecular weight excluding hydrogens is 434 g/mol. The standard InChI is InChI=1S/C22H19N3O6S/c1-30-15-7-10-19(31-2)18(12-15)24-32(28,29)16-8-5-14(6-9-16)13-25-21(26)17-4-3-11-23-20(17)22(25)27/h3-12,24H,13H2,1-2H3. The highest BCUT2D eigenvalue weighted by molar-refractivity contribution is 7.92. The van der Waals surface area contributed by atoms with E-state index in [-0.39, 0.29) is 28.4 Å². The second-order valence-corrected chi connectivity index (χ2v) is 8.59. The normalized spacial score (nSPS) is 13.1. The molecule has 9 nitrogen and oxygen atoms in total. The van der Waals surface area contributed by atoms with Crippen molar-refractivity contribution in [1.82, 2.24) is 9.88 Å². The molecule has 3 aromatic rings. The zero-order valence-electron chi connectivity index (χ0n) is 17.2. The van der Waals surface area contributed by atoms with Crippen molar-refractivity contribution >= 4 is 27.5 Å². The predicted octanol–water partition coefficient (Wildman–Crippen LogP) is 2.70. The molecule has 2 aromatic carbocycles. The Bertz CT molecular complexity index is 1270. The third-order valence-corrected chi connectivity index (χ3v) is 6.34. The van der Waals surface area contributed by atoms with Crippen molar-refractivity contribution in [3.8, 4) is 11.5 Å². The molecule has 164 valence electrons. The average Bonchev–Trinajstić information content (AvgIpc) is 3.04. The van der Waals surface area contributed by atoms with Gasteiger partial charge in [0.15, 0.2) is 0 Å². The van der Waals surface area contributed by atoms with E-state index >= 15 is 0 Å². The maximum absolute atomic E-state index is 12.8. The third-order valence-electron chi connectivity index (χ3n) is 4.96. The molecule has 0 unspecified atom stereocenters. The summed E-state index contributed by atoms with van der Waals surface area (Å²) in [5, 5.41) is 0. The molecule has 4 rings (SSSR count). The number of carbonyl (C=O) groups is 2. The number of hydrogen-bond acceptors (Lipinski definition) is 7. The number of sulfonamides is 1. The number of fused-ring (bicyclic) bond motifs is 1. The predicted molar refractivity (Wildman–Crippen MR) is 115 cm³/mol. The van der Waals surface area contributed by atoms with Crippen molar-refractivity contribution in [1.29, 1.82) is 0 Å². The van der Waals surface area contributed by atoms with Gasteiger partial charge in [-0.15, -0.1) is 0 Å². The van der Waals surface area contributed by atoms with Gasteiger partial charge in [-0.25, -0.2) is 8.42 Å². The highest BCUT2D eigenvalue weighted by Gasteiger charge is 2.36. The third kappa shape index (κ3) is 3.87. The SMILES string of the molecule is COc1ccc(OC)c(NS(=O)(=O)c2ccc(CN3C(=O)c4cccnc4C3=O)cc2)c1. The Morgan fingerprint density at radius 3 is 2.38 bits per heavy atom. The van der Waals surface area contributed by atoms with Crippen molar-refractivity contribution in [3.05, 3.63) is 77.6 Å².